The van der Waals surface area contributed by atoms with E-state index in [1.165, 1.54) is 6.07 Å². The van der Waals surface area contributed by atoms with Gasteiger partial charge < -0.3 is 5.32 Å². The molecule has 1 aromatic rings. The van der Waals surface area contributed by atoms with Crippen LogP contribution in [0.1, 0.15) is 33.3 Å². The second-order valence-corrected chi connectivity index (χ2v) is 7.15. The van der Waals surface area contributed by atoms with E-state index in [0.29, 0.717) is 23.5 Å². The molecule has 1 N–H and O–H groups in total. The van der Waals surface area contributed by atoms with E-state index in [1.807, 2.05) is 0 Å². The minimum atomic E-state index is -0.212. The van der Waals surface area contributed by atoms with Crippen molar-refractivity contribution in [2.75, 3.05) is 13.1 Å². The summed E-state index contributed by atoms with van der Waals surface area (Å²) >= 11 is 5.82. The van der Waals surface area contributed by atoms with Crippen LogP contribution in [0.25, 0.3) is 0 Å². The number of hydrogen-bond acceptors (Lipinski definition) is 2. The van der Waals surface area contributed by atoms with Crippen molar-refractivity contribution in [3.8, 4) is 0 Å². The molecule has 0 amide bonds. The Morgan fingerprint density at radius 1 is 1.45 bits per heavy atom. The van der Waals surface area contributed by atoms with Gasteiger partial charge in [0.2, 0.25) is 0 Å². The molecule has 20 heavy (non-hydrogen) atoms. The van der Waals surface area contributed by atoms with Crippen LogP contribution < -0.4 is 5.32 Å². The molecule has 2 rings (SSSR count). The summed E-state index contributed by atoms with van der Waals surface area (Å²) in [6.07, 6.45) is 0. The molecule has 0 spiro atoms. The molecule has 1 unspecified atom stereocenters. The lowest BCUT2D eigenvalue weighted by Gasteiger charge is -2.46. The largest absolute Gasteiger partial charge is 0.309 e. The maximum Gasteiger partial charge on any atom is 0.129 e. The van der Waals surface area contributed by atoms with Crippen LogP contribution in [0, 0.1) is 11.7 Å². The quantitative estimate of drug-likeness (QED) is 0.915. The molecule has 112 valence electrons. The van der Waals surface area contributed by atoms with Gasteiger partial charge >= 0.3 is 0 Å². The van der Waals surface area contributed by atoms with E-state index in [4.69, 9.17) is 11.6 Å². The third kappa shape index (κ3) is 3.72. The number of nitrogens with one attached hydrogen (secondary N) is 1. The van der Waals surface area contributed by atoms with Crippen LogP contribution in [-0.4, -0.2) is 29.6 Å². The number of nitrogens with zero attached hydrogens (tertiary/aromatic N) is 1. The second-order valence-electron chi connectivity index (χ2n) is 6.72. The van der Waals surface area contributed by atoms with E-state index < -0.39 is 0 Å². The van der Waals surface area contributed by atoms with Gasteiger partial charge in [-0.15, -0.1) is 0 Å². The van der Waals surface area contributed by atoms with Crippen LogP contribution >= 0.6 is 11.6 Å². The highest BCUT2D eigenvalue weighted by atomic mass is 35.5. The van der Waals surface area contributed by atoms with Gasteiger partial charge in [0.05, 0.1) is 0 Å². The molecule has 0 radical (unpaired) electrons. The summed E-state index contributed by atoms with van der Waals surface area (Å²) in [5, 5.41) is 4.02. The van der Waals surface area contributed by atoms with Crippen LogP contribution in [0.3, 0.4) is 0 Å². The topological polar surface area (TPSA) is 15.3 Å². The van der Waals surface area contributed by atoms with Gasteiger partial charge in [0, 0.05) is 41.8 Å². The molecule has 0 aromatic heterocycles. The van der Waals surface area contributed by atoms with Crippen LogP contribution in [-0.2, 0) is 6.54 Å². The third-order valence-electron chi connectivity index (χ3n) is 4.02. The molecule has 1 atom stereocenters. The zero-order chi connectivity index (χ0) is 14.9. The smallest absolute Gasteiger partial charge is 0.129 e. The number of benzene rings is 1. The maximum absolute atomic E-state index is 14.0. The predicted octanol–water partition coefficient (Wildman–Crippen LogP) is 3.69. The third-order valence-corrected chi connectivity index (χ3v) is 4.25. The van der Waals surface area contributed by atoms with Crippen molar-refractivity contribution in [1.82, 2.24) is 10.2 Å². The molecule has 0 bridgehead atoms. The first-order valence-corrected chi connectivity index (χ1v) is 7.59. The molecular formula is C16H24ClFN2. The minimum absolute atomic E-state index is 0.0638. The summed E-state index contributed by atoms with van der Waals surface area (Å²) in [5.74, 6) is 0.324. The molecule has 1 saturated heterocycles. The number of rotatable bonds is 3. The summed E-state index contributed by atoms with van der Waals surface area (Å²) in [5.41, 5.74) is 0.784. The number of halogens is 2. The van der Waals surface area contributed by atoms with Gasteiger partial charge in [-0.1, -0.05) is 31.5 Å². The van der Waals surface area contributed by atoms with Gasteiger partial charge in [-0.05, 0) is 31.9 Å². The van der Waals surface area contributed by atoms with E-state index in [-0.39, 0.29) is 11.4 Å². The van der Waals surface area contributed by atoms with Crippen LogP contribution in [0.2, 0.25) is 5.02 Å². The Hall–Kier alpha value is -0.640. The Bertz CT molecular complexity index is 474. The SMILES string of the molecule is CC(C)C1CNC(C)(C)CN1Cc1ccc(Cl)cc1F. The normalized spacial score (nSPS) is 23.2. The molecule has 2 nitrogen and oxygen atoms in total. The minimum Gasteiger partial charge on any atom is -0.309 e. The maximum atomic E-state index is 14.0. The van der Waals surface area contributed by atoms with E-state index in [1.54, 1.807) is 12.1 Å². The van der Waals surface area contributed by atoms with Crippen LogP contribution in [0.4, 0.5) is 4.39 Å². The van der Waals surface area contributed by atoms with Crippen molar-refractivity contribution in [3.05, 3.63) is 34.6 Å². The highest BCUT2D eigenvalue weighted by molar-refractivity contribution is 6.30. The van der Waals surface area contributed by atoms with E-state index in [0.717, 1.165) is 18.7 Å². The van der Waals surface area contributed by atoms with Gasteiger partial charge in [-0.2, -0.15) is 0 Å². The lowest BCUT2D eigenvalue weighted by molar-refractivity contribution is 0.0618. The molecular weight excluding hydrogens is 275 g/mol. The van der Waals surface area contributed by atoms with Crippen molar-refractivity contribution < 1.29 is 4.39 Å². The zero-order valence-electron chi connectivity index (χ0n) is 12.7. The predicted molar refractivity (Wildman–Crippen MR) is 82.5 cm³/mol. The highest BCUT2D eigenvalue weighted by Crippen LogP contribution is 2.24. The van der Waals surface area contributed by atoms with Gasteiger partial charge in [-0.3, -0.25) is 4.90 Å². The average molecular weight is 299 g/mol. The van der Waals surface area contributed by atoms with Crippen molar-refractivity contribution in [1.29, 1.82) is 0 Å². The molecule has 1 aromatic carbocycles. The lowest BCUT2D eigenvalue weighted by Crippen LogP contribution is -2.62. The second kappa shape index (κ2) is 6.00. The van der Waals surface area contributed by atoms with Crippen LogP contribution in [0.5, 0.6) is 0 Å². The Morgan fingerprint density at radius 2 is 2.15 bits per heavy atom. The van der Waals surface area contributed by atoms with Gasteiger partial charge in [0.1, 0.15) is 5.82 Å². The molecule has 1 aliphatic heterocycles. The molecule has 1 heterocycles. The van der Waals surface area contributed by atoms with Crippen LogP contribution in [0.15, 0.2) is 18.2 Å². The lowest BCUT2D eigenvalue weighted by atomic mass is 9.92. The van der Waals surface area contributed by atoms with Crippen molar-refractivity contribution in [2.24, 2.45) is 5.92 Å². The Morgan fingerprint density at radius 3 is 2.75 bits per heavy atom. The number of hydrogen-bond donors (Lipinski definition) is 1. The molecule has 1 aliphatic rings. The molecule has 4 heteroatoms. The highest BCUT2D eigenvalue weighted by Gasteiger charge is 2.34. The monoisotopic (exact) mass is 298 g/mol. The summed E-state index contributed by atoms with van der Waals surface area (Å²) in [4.78, 5) is 2.38. The first-order chi connectivity index (χ1) is 9.28. The van der Waals surface area contributed by atoms with Crippen molar-refractivity contribution in [3.63, 3.8) is 0 Å². The van der Waals surface area contributed by atoms with Gasteiger partial charge in [0.25, 0.3) is 0 Å². The zero-order valence-corrected chi connectivity index (χ0v) is 13.5. The standard InChI is InChI=1S/C16H24ClFN2/c1-11(2)15-8-19-16(3,4)10-20(15)9-12-5-6-13(17)7-14(12)18/h5-7,11,15,19H,8-10H2,1-4H3. The summed E-state index contributed by atoms with van der Waals surface area (Å²) in [7, 11) is 0. The fourth-order valence-corrected chi connectivity index (χ4v) is 3.05. The van der Waals surface area contributed by atoms with E-state index in [2.05, 4.69) is 37.9 Å². The fourth-order valence-electron chi connectivity index (χ4n) is 2.89. The first kappa shape index (κ1) is 15.7. The Balaban J connectivity index is 2.18. The average Bonchev–Trinajstić information content (AvgIpc) is 2.31. The Kier molecular flexibility index (Phi) is 4.73. The van der Waals surface area contributed by atoms with E-state index in [9.17, 15) is 4.39 Å². The number of piperazine rings is 1. The fraction of sp³-hybridized carbons (Fsp3) is 0.625. The van der Waals surface area contributed by atoms with Gasteiger partial charge in [-0.25, -0.2) is 4.39 Å². The molecule has 0 saturated carbocycles. The summed E-state index contributed by atoms with van der Waals surface area (Å²) in [6, 6.07) is 5.38. The summed E-state index contributed by atoms with van der Waals surface area (Å²) < 4.78 is 14.0. The van der Waals surface area contributed by atoms with E-state index >= 15 is 0 Å². The van der Waals surface area contributed by atoms with Gasteiger partial charge in [0.15, 0.2) is 0 Å². The summed E-state index contributed by atoms with van der Waals surface area (Å²) in [6.45, 7) is 11.3. The first-order valence-electron chi connectivity index (χ1n) is 7.21. The van der Waals surface area contributed by atoms with Crippen molar-refractivity contribution >= 4 is 11.6 Å². The molecule has 1 fully saturated rings. The molecule has 0 aliphatic carbocycles. The van der Waals surface area contributed by atoms with Crippen molar-refractivity contribution in [2.45, 2.75) is 45.8 Å². The Labute approximate surface area is 126 Å².